The summed E-state index contributed by atoms with van der Waals surface area (Å²) in [5.41, 5.74) is 1.49. The van der Waals surface area contributed by atoms with E-state index in [-0.39, 0.29) is 17.8 Å². The molecular weight excluding hydrogens is 295 g/mol. The smallest absolute Gasteiger partial charge is 0.247 e. The molecule has 1 aromatic carbocycles. The van der Waals surface area contributed by atoms with Gasteiger partial charge in [0.25, 0.3) is 0 Å². The number of hydrogen-bond acceptors (Lipinski definition) is 3. The predicted molar refractivity (Wildman–Crippen MR) is 84.8 cm³/mol. The molecule has 0 unspecified atom stereocenters. The molecule has 0 aliphatic carbocycles. The molecule has 1 atom stereocenters. The number of carbonyl (C=O) groups excluding carboxylic acids is 1. The van der Waals surface area contributed by atoms with Crippen molar-refractivity contribution in [2.24, 2.45) is 0 Å². The van der Waals surface area contributed by atoms with Crippen molar-refractivity contribution in [3.05, 3.63) is 54.1 Å². The zero-order valence-electron chi connectivity index (χ0n) is 13.0. The maximum atomic E-state index is 13.3. The molecule has 2 heterocycles. The molecule has 0 bridgehead atoms. The first-order chi connectivity index (χ1) is 11.1. The predicted octanol–water partition coefficient (Wildman–Crippen LogP) is 2.51. The van der Waals surface area contributed by atoms with E-state index in [1.807, 2.05) is 11.8 Å². The highest BCUT2D eigenvalue weighted by Crippen LogP contribution is 2.21. The Hall–Kier alpha value is -2.50. The van der Waals surface area contributed by atoms with Crippen LogP contribution in [0.25, 0.3) is 5.57 Å². The average Bonchev–Trinajstić information content (AvgIpc) is 3.19. The Labute approximate surface area is 134 Å². The quantitative estimate of drug-likeness (QED) is 0.815. The second-order valence-electron chi connectivity index (χ2n) is 5.79. The maximum absolute atomic E-state index is 13.3. The molecule has 1 aliphatic rings. The van der Waals surface area contributed by atoms with Gasteiger partial charge in [-0.05, 0) is 43.0 Å². The summed E-state index contributed by atoms with van der Waals surface area (Å²) in [6, 6.07) is 6.42. The number of allylic oxidation sites excluding steroid dienone is 1. The van der Waals surface area contributed by atoms with Gasteiger partial charge in [-0.15, -0.1) is 5.10 Å². The summed E-state index contributed by atoms with van der Waals surface area (Å²) < 4.78 is 15.1. The lowest BCUT2D eigenvalue weighted by Crippen LogP contribution is -2.37. The van der Waals surface area contributed by atoms with Gasteiger partial charge in [-0.1, -0.05) is 17.3 Å². The van der Waals surface area contributed by atoms with Crippen molar-refractivity contribution in [1.29, 1.82) is 0 Å². The van der Waals surface area contributed by atoms with Gasteiger partial charge >= 0.3 is 0 Å². The highest BCUT2D eigenvalue weighted by atomic mass is 19.1. The molecule has 0 saturated carbocycles. The number of benzene rings is 1. The van der Waals surface area contributed by atoms with Crippen molar-refractivity contribution in [3.8, 4) is 0 Å². The minimum Gasteiger partial charge on any atom is -0.334 e. The molecule has 0 spiro atoms. The number of halogens is 1. The van der Waals surface area contributed by atoms with Crippen LogP contribution in [-0.2, 0) is 11.3 Å². The molecule has 2 aromatic rings. The van der Waals surface area contributed by atoms with E-state index in [2.05, 4.69) is 10.3 Å². The summed E-state index contributed by atoms with van der Waals surface area (Å²) >= 11 is 0. The van der Waals surface area contributed by atoms with Gasteiger partial charge in [-0.2, -0.15) is 0 Å². The van der Waals surface area contributed by atoms with Crippen LogP contribution >= 0.6 is 0 Å². The fourth-order valence-corrected chi connectivity index (χ4v) is 2.95. The highest BCUT2D eigenvalue weighted by Gasteiger charge is 2.28. The average molecular weight is 314 g/mol. The number of aromatic nitrogens is 3. The fraction of sp³-hybridized carbons (Fsp3) is 0.353. The third-order valence-electron chi connectivity index (χ3n) is 4.15. The van der Waals surface area contributed by atoms with Gasteiger partial charge in [-0.25, -0.2) is 4.39 Å². The minimum atomic E-state index is -0.298. The monoisotopic (exact) mass is 314 g/mol. The van der Waals surface area contributed by atoms with Crippen molar-refractivity contribution in [2.75, 3.05) is 6.54 Å². The van der Waals surface area contributed by atoms with E-state index < -0.39 is 0 Å². The number of amides is 1. The number of rotatable bonds is 4. The second-order valence-corrected chi connectivity index (χ2v) is 5.79. The van der Waals surface area contributed by atoms with Crippen LogP contribution in [0.1, 0.15) is 25.3 Å². The van der Waals surface area contributed by atoms with Gasteiger partial charge in [-0.3, -0.25) is 9.48 Å². The molecule has 1 amide bonds. The van der Waals surface area contributed by atoms with Gasteiger partial charge in [0.2, 0.25) is 5.91 Å². The van der Waals surface area contributed by atoms with E-state index in [1.165, 1.54) is 12.1 Å². The summed E-state index contributed by atoms with van der Waals surface area (Å²) in [6.07, 6.45) is 6.97. The molecule has 0 N–H and O–H groups in total. The summed E-state index contributed by atoms with van der Waals surface area (Å²) in [6.45, 7) is 3.22. The van der Waals surface area contributed by atoms with E-state index in [4.69, 9.17) is 0 Å². The van der Waals surface area contributed by atoms with Gasteiger partial charge < -0.3 is 4.90 Å². The molecule has 0 radical (unpaired) electrons. The SMILES string of the molecule is C/C(=C\C(=O)N1CCC[C@H]1Cn1ccnn1)c1cccc(F)c1. The van der Waals surface area contributed by atoms with E-state index in [9.17, 15) is 9.18 Å². The Morgan fingerprint density at radius 1 is 1.48 bits per heavy atom. The highest BCUT2D eigenvalue weighted by molar-refractivity contribution is 5.95. The molecule has 1 aromatic heterocycles. The van der Waals surface area contributed by atoms with Crippen LogP contribution in [0.5, 0.6) is 0 Å². The molecule has 6 heteroatoms. The first-order valence-electron chi connectivity index (χ1n) is 7.72. The summed E-state index contributed by atoms with van der Waals surface area (Å²) in [7, 11) is 0. The third-order valence-corrected chi connectivity index (χ3v) is 4.15. The van der Waals surface area contributed by atoms with Crippen LogP contribution in [0.4, 0.5) is 4.39 Å². The lowest BCUT2D eigenvalue weighted by molar-refractivity contribution is -0.127. The van der Waals surface area contributed by atoms with Crippen molar-refractivity contribution < 1.29 is 9.18 Å². The van der Waals surface area contributed by atoms with Crippen molar-refractivity contribution in [1.82, 2.24) is 19.9 Å². The summed E-state index contributed by atoms with van der Waals surface area (Å²) in [5.74, 6) is -0.331. The Kier molecular flexibility index (Phi) is 4.50. The lowest BCUT2D eigenvalue weighted by atomic mass is 10.1. The Morgan fingerprint density at radius 2 is 2.35 bits per heavy atom. The summed E-state index contributed by atoms with van der Waals surface area (Å²) in [4.78, 5) is 14.4. The first-order valence-corrected chi connectivity index (χ1v) is 7.72. The minimum absolute atomic E-state index is 0.0330. The van der Waals surface area contributed by atoms with Crippen molar-refractivity contribution in [2.45, 2.75) is 32.4 Å². The third kappa shape index (κ3) is 3.64. The molecule has 3 rings (SSSR count). The Balaban J connectivity index is 1.72. The van der Waals surface area contributed by atoms with Gasteiger partial charge in [0.1, 0.15) is 5.82 Å². The summed E-state index contributed by atoms with van der Waals surface area (Å²) in [5, 5.41) is 7.76. The number of likely N-dealkylation sites (tertiary alicyclic amines) is 1. The fourth-order valence-electron chi connectivity index (χ4n) is 2.95. The van der Waals surface area contributed by atoms with Crippen molar-refractivity contribution >= 4 is 11.5 Å². The molecule has 1 aliphatic heterocycles. The molecule has 23 heavy (non-hydrogen) atoms. The van der Waals surface area contributed by atoms with Crippen LogP contribution in [0.2, 0.25) is 0 Å². The first kappa shape index (κ1) is 15.4. The lowest BCUT2D eigenvalue weighted by Gasteiger charge is -2.23. The van der Waals surface area contributed by atoms with E-state index in [1.54, 1.807) is 35.3 Å². The van der Waals surface area contributed by atoms with Gasteiger partial charge in [0.15, 0.2) is 0 Å². The normalized spacial score (nSPS) is 18.4. The second kappa shape index (κ2) is 6.73. The molecule has 1 saturated heterocycles. The van der Waals surface area contributed by atoms with Crippen LogP contribution in [0.15, 0.2) is 42.7 Å². The van der Waals surface area contributed by atoms with Crippen molar-refractivity contribution in [3.63, 3.8) is 0 Å². The van der Waals surface area contributed by atoms with Crippen LogP contribution in [0, 0.1) is 5.82 Å². The molecule has 1 fully saturated rings. The maximum Gasteiger partial charge on any atom is 0.247 e. The number of nitrogens with zero attached hydrogens (tertiary/aromatic N) is 4. The van der Waals surface area contributed by atoms with E-state index in [0.29, 0.717) is 6.54 Å². The Morgan fingerprint density at radius 3 is 3.09 bits per heavy atom. The zero-order chi connectivity index (χ0) is 16.2. The molecule has 5 nitrogen and oxygen atoms in total. The topological polar surface area (TPSA) is 51.0 Å². The van der Waals surface area contributed by atoms with E-state index in [0.717, 1.165) is 30.5 Å². The van der Waals surface area contributed by atoms with Crippen LogP contribution < -0.4 is 0 Å². The van der Waals surface area contributed by atoms with Gasteiger partial charge in [0.05, 0.1) is 18.8 Å². The Bertz CT molecular complexity index is 711. The molecular formula is C17H19FN4O. The van der Waals surface area contributed by atoms with Gasteiger partial charge in [0, 0.05) is 18.8 Å². The number of hydrogen-bond donors (Lipinski definition) is 0. The number of carbonyl (C=O) groups is 1. The molecule has 120 valence electrons. The zero-order valence-corrected chi connectivity index (χ0v) is 13.0. The van der Waals surface area contributed by atoms with Crippen LogP contribution in [0.3, 0.4) is 0 Å². The largest absolute Gasteiger partial charge is 0.334 e. The van der Waals surface area contributed by atoms with E-state index >= 15 is 0 Å². The standard InChI is InChI=1S/C17H19FN4O/c1-13(14-4-2-5-15(18)11-14)10-17(23)22-8-3-6-16(22)12-21-9-7-19-20-21/h2,4-5,7,9-11,16H,3,6,8,12H2,1H3/b13-10+/t16-/m0/s1. The van der Waals surface area contributed by atoms with Crippen LogP contribution in [-0.4, -0.2) is 38.4 Å².